The highest BCUT2D eigenvalue weighted by atomic mass is 32.2. The first kappa shape index (κ1) is 20.2. The summed E-state index contributed by atoms with van der Waals surface area (Å²) >= 11 is 5.33. The quantitative estimate of drug-likeness (QED) is 0.696. The SMILES string of the molecule is CC1C(=S)N(c2ccc(S(=O)(=O)C(F)(F)F)cc2)C(=O)N1Cc1ccncc1. The lowest BCUT2D eigenvalue weighted by Crippen LogP contribution is -2.33. The minimum absolute atomic E-state index is 0.195. The maximum Gasteiger partial charge on any atom is 0.501 e. The Labute approximate surface area is 164 Å². The van der Waals surface area contributed by atoms with Crippen LogP contribution in [0.25, 0.3) is 0 Å². The van der Waals surface area contributed by atoms with Gasteiger partial charge in [-0.05, 0) is 48.9 Å². The standard InChI is InChI=1S/C17H14F3N3O3S2/c1-11-15(27)23(16(24)22(11)10-12-6-8-21-9-7-12)13-2-4-14(5-3-13)28(25,26)17(18,19)20/h2-9,11H,10H2,1H3. The average Bonchev–Trinajstić information content (AvgIpc) is 2.85. The van der Waals surface area contributed by atoms with Gasteiger partial charge in [0.25, 0.3) is 9.84 Å². The zero-order chi connectivity index (χ0) is 20.7. The van der Waals surface area contributed by atoms with Crippen molar-refractivity contribution in [3.05, 3.63) is 54.4 Å². The first-order valence-electron chi connectivity index (χ1n) is 7.99. The van der Waals surface area contributed by atoms with Crippen LogP contribution < -0.4 is 4.90 Å². The number of anilines is 1. The Morgan fingerprint density at radius 1 is 1.11 bits per heavy atom. The van der Waals surface area contributed by atoms with Crippen LogP contribution in [0.2, 0.25) is 0 Å². The number of halogens is 3. The van der Waals surface area contributed by atoms with Gasteiger partial charge in [-0.15, -0.1) is 0 Å². The summed E-state index contributed by atoms with van der Waals surface area (Å²) in [5.74, 6) is 0. The number of carbonyl (C=O) groups excluding carboxylic acids is 1. The number of sulfone groups is 1. The van der Waals surface area contributed by atoms with E-state index in [1.807, 2.05) is 0 Å². The molecule has 148 valence electrons. The third kappa shape index (κ3) is 3.47. The molecule has 0 saturated carbocycles. The minimum Gasteiger partial charge on any atom is -0.311 e. The number of urea groups is 1. The van der Waals surface area contributed by atoms with Gasteiger partial charge in [-0.2, -0.15) is 13.2 Å². The fraction of sp³-hybridized carbons (Fsp3) is 0.235. The van der Waals surface area contributed by atoms with Crippen LogP contribution in [0.15, 0.2) is 53.7 Å². The molecule has 0 aliphatic carbocycles. The largest absolute Gasteiger partial charge is 0.501 e. The van der Waals surface area contributed by atoms with Crippen LogP contribution in [0.5, 0.6) is 0 Å². The van der Waals surface area contributed by atoms with Gasteiger partial charge in [0.2, 0.25) is 0 Å². The summed E-state index contributed by atoms with van der Waals surface area (Å²) < 4.78 is 61.0. The predicted molar refractivity (Wildman–Crippen MR) is 99.4 cm³/mol. The van der Waals surface area contributed by atoms with Gasteiger partial charge in [0, 0.05) is 18.9 Å². The molecule has 1 unspecified atom stereocenters. The number of hydrogen-bond acceptors (Lipinski definition) is 5. The lowest BCUT2D eigenvalue weighted by atomic mass is 10.2. The molecule has 1 atom stereocenters. The van der Waals surface area contributed by atoms with Gasteiger partial charge in [0.1, 0.15) is 4.99 Å². The molecule has 2 heterocycles. The summed E-state index contributed by atoms with van der Waals surface area (Å²) in [4.78, 5) is 18.8. The lowest BCUT2D eigenvalue weighted by molar-refractivity contribution is -0.0436. The number of aromatic nitrogens is 1. The van der Waals surface area contributed by atoms with Crippen LogP contribution in [0.3, 0.4) is 0 Å². The molecule has 0 bridgehead atoms. The number of nitrogens with zero attached hydrogens (tertiary/aromatic N) is 3. The van der Waals surface area contributed by atoms with Crippen molar-refractivity contribution in [2.45, 2.75) is 29.9 Å². The second kappa shape index (κ2) is 7.13. The Morgan fingerprint density at radius 2 is 1.68 bits per heavy atom. The van der Waals surface area contributed by atoms with E-state index < -0.39 is 32.3 Å². The van der Waals surface area contributed by atoms with Crippen LogP contribution in [0.1, 0.15) is 12.5 Å². The van der Waals surface area contributed by atoms with Gasteiger partial charge in [-0.25, -0.2) is 13.2 Å². The van der Waals surface area contributed by atoms with Crippen molar-refractivity contribution in [3.63, 3.8) is 0 Å². The van der Waals surface area contributed by atoms with Crippen molar-refractivity contribution in [1.82, 2.24) is 9.88 Å². The fourth-order valence-electron chi connectivity index (χ4n) is 2.74. The van der Waals surface area contributed by atoms with Crippen molar-refractivity contribution >= 4 is 38.8 Å². The van der Waals surface area contributed by atoms with Crippen LogP contribution in [-0.2, 0) is 16.4 Å². The summed E-state index contributed by atoms with van der Waals surface area (Å²) in [7, 11) is -5.46. The number of pyridine rings is 1. The molecule has 1 aromatic heterocycles. The Balaban J connectivity index is 1.87. The molecular formula is C17H14F3N3O3S2. The van der Waals surface area contributed by atoms with E-state index in [0.717, 1.165) is 29.8 Å². The molecule has 1 aromatic carbocycles. The van der Waals surface area contributed by atoms with Crippen molar-refractivity contribution in [2.24, 2.45) is 0 Å². The lowest BCUT2D eigenvalue weighted by Gasteiger charge is -2.20. The number of rotatable bonds is 4. The third-order valence-corrected chi connectivity index (χ3v) is 6.32. The van der Waals surface area contributed by atoms with E-state index in [9.17, 15) is 26.4 Å². The molecule has 11 heteroatoms. The molecule has 1 saturated heterocycles. The molecule has 1 aliphatic heterocycles. The van der Waals surface area contributed by atoms with E-state index in [1.54, 1.807) is 31.5 Å². The van der Waals surface area contributed by atoms with Gasteiger partial charge in [-0.3, -0.25) is 9.88 Å². The highest BCUT2D eigenvalue weighted by molar-refractivity contribution is 7.92. The molecule has 0 N–H and O–H groups in total. The van der Waals surface area contributed by atoms with E-state index in [2.05, 4.69) is 4.98 Å². The van der Waals surface area contributed by atoms with E-state index >= 15 is 0 Å². The Kier molecular flexibility index (Phi) is 5.15. The number of hydrogen-bond donors (Lipinski definition) is 0. The van der Waals surface area contributed by atoms with Crippen molar-refractivity contribution < 1.29 is 26.4 Å². The second-order valence-corrected chi connectivity index (χ2v) is 8.42. The first-order chi connectivity index (χ1) is 13.0. The zero-order valence-corrected chi connectivity index (χ0v) is 16.1. The Bertz CT molecular complexity index is 1010. The summed E-state index contributed by atoms with van der Waals surface area (Å²) in [6.07, 6.45) is 3.19. The number of carbonyl (C=O) groups is 1. The fourth-order valence-corrected chi connectivity index (χ4v) is 3.82. The molecule has 1 aliphatic rings. The van der Waals surface area contributed by atoms with Crippen LogP contribution in [0, 0.1) is 0 Å². The minimum atomic E-state index is -5.46. The van der Waals surface area contributed by atoms with Crippen LogP contribution in [-0.4, -0.2) is 40.9 Å². The van der Waals surface area contributed by atoms with E-state index in [4.69, 9.17) is 12.2 Å². The first-order valence-corrected chi connectivity index (χ1v) is 9.88. The molecule has 2 aromatic rings. The second-order valence-electron chi connectivity index (χ2n) is 6.06. The Hall–Kier alpha value is -2.53. The number of benzene rings is 1. The number of alkyl halides is 3. The third-order valence-electron chi connectivity index (χ3n) is 4.29. The van der Waals surface area contributed by atoms with Crippen molar-refractivity contribution in [3.8, 4) is 0 Å². The molecule has 6 nitrogen and oxygen atoms in total. The maximum atomic E-state index is 12.8. The topological polar surface area (TPSA) is 70.6 Å². The van der Waals surface area contributed by atoms with E-state index in [1.165, 1.54) is 9.80 Å². The predicted octanol–water partition coefficient (Wildman–Crippen LogP) is 3.53. The molecule has 3 rings (SSSR count). The molecule has 2 amide bonds. The summed E-state index contributed by atoms with van der Waals surface area (Å²) in [5, 5.41) is 0. The molecule has 0 spiro atoms. The maximum absolute atomic E-state index is 12.8. The summed E-state index contributed by atoms with van der Waals surface area (Å²) in [6.45, 7) is 2.02. The smallest absolute Gasteiger partial charge is 0.311 e. The Morgan fingerprint density at radius 3 is 2.21 bits per heavy atom. The number of thiocarbonyl (C=S) groups is 1. The highest BCUT2D eigenvalue weighted by Gasteiger charge is 2.47. The molecule has 28 heavy (non-hydrogen) atoms. The van der Waals surface area contributed by atoms with Gasteiger partial charge in [-0.1, -0.05) is 12.2 Å². The summed E-state index contributed by atoms with van der Waals surface area (Å²) in [6, 6.07) is 6.52. The van der Waals surface area contributed by atoms with Crippen molar-refractivity contribution in [2.75, 3.05) is 4.90 Å². The molecule has 1 fully saturated rings. The zero-order valence-electron chi connectivity index (χ0n) is 14.4. The average molecular weight is 429 g/mol. The van der Waals surface area contributed by atoms with Gasteiger partial charge in [0.15, 0.2) is 0 Å². The molecule has 0 radical (unpaired) electrons. The van der Waals surface area contributed by atoms with Gasteiger partial charge in [0.05, 0.1) is 16.6 Å². The van der Waals surface area contributed by atoms with E-state index in [0.29, 0.717) is 0 Å². The van der Waals surface area contributed by atoms with Crippen LogP contribution >= 0.6 is 12.2 Å². The van der Waals surface area contributed by atoms with Gasteiger partial charge < -0.3 is 4.90 Å². The van der Waals surface area contributed by atoms with Crippen LogP contribution in [0.4, 0.5) is 23.7 Å². The number of amides is 2. The monoisotopic (exact) mass is 429 g/mol. The van der Waals surface area contributed by atoms with Gasteiger partial charge >= 0.3 is 11.5 Å². The normalized spacial score (nSPS) is 18.1. The van der Waals surface area contributed by atoms with Crippen molar-refractivity contribution in [1.29, 1.82) is 0 Å². The highest BCUT2D eigenvalue weighted by Crippen LogP contribution is 2.33. The summed E-state index contributed by atoms with van der Waals surface area (Å²) in [5.41, 5.74) is -4.37. The molecular weight excluding hydrogens is 415 g/mol. The van der Waals surface area contributed by atoms with E-state index in [-0.39, 0.29) is 17.2 Å².